The Balaban J connectivity index is 2.52. The highest BCUT2D eigenvalue weighted by molar-refractivity contribution is 5.51. The summed E-state index contributed by atoms with van der Waals surface area (Å²) >= 11 is 0. The van der Waals surface area contributed by atoms with Crippen molar-refractivity contribution in [2.75, 3.05) is 0 Å². The van der Waals surface area contributed by atoms with Crippen molar-refractivity contribution in [3.8, 4) is 11.5 Å². The van der Waals surface area contributed by atoms with Crippen LogP contribution in [0, 0.1) is 13.8 Å². The van der Waals surface area contributed by atoms with E-state index in [1.165, 1.54) is 16.7 Å². The number of aromatic hydroxyl groups is 2. The minimum absolute atomic E-state index is 0.195. The molecule has 0 saturated heterocycles. The van der Waals surface area contributed by atoms with E-state index in [1.54, 1.807) is 19.9 Å². The normalized spacial score (nSPS) is 15.3. The third-order valence-corrected chi connectivity index (χ3v) is 6.36. The Hall–Kier alpha value is -2.00. The van der Waals surface area contributed by atoms with E-state index in [0.29, 0.717) is 36.0 Å². The summed E-state index contributed by atoms with van der Waals surface area (Å²) in [5.74, 6) is 0.417. The fraction of sp³-hybridized carbons (Fsp3) is 0.571. The van der Waals surface area contributed by atoms with Crippen molar-refractivity contribution in [2.24, 2.45) is 0 Å². The monoisotopic (exact) mass is 428 g/mol. The zero-order valence-electron chi connectivity index (χ0n) is 20.8. The number of benzene rings is 1. The lowest BCUT2D eigenvalue weighted by molar-refractivity contribution is 0.0540. The maximum atomic E-state index is 10.8. The molecule has 1 aromatic rings. The first-order chi connectivity index (χ1) is 14.5. The van der Waals surface area contributed by atoms with Crippen LogP contribution in [0.1, 0.15) is 96.3 Å². The summed E-state index contributed by atoms with van der Waals surface area (Å²) in [4.78, 5) is 0. The standard InChI is InChI=1S/C28H44O3/c1-8-20(2)11-9-12-21(3)13-10-14-22(4)15-17-28(7,31)18-16-25-19-26(29)23(5)24(6)27(25)30/h11,13,15,19,29-31H,8-10,12,14,16-18H2,1-7H3/b20-11+,21-13+,22-15+. The van der Waals surface area contributed by atoms with E-state index < -0.39 is 5.60 Å². The molecule has 3 nitrogen and oxygen atoms in total. The Bertz CT molecular complexity index is 810. The molecule has 1 rings (SSSR count). The van der Waals surface area contributed by atoms with Crippen molar-refractivity contribution in [3.63, 3.8) is 0 Å². The number of phenolic OH excluding ortho intramolecular Hbond substituents is 2. The number of phenols is 2. The summed E-state index contributed by atoms with van der Waals surface area (Å²) in [6.07, 6.45) is 13.8. The smallest absolute Gasteiger partial charge is 0.122 e. The second-order valence-electron chi connectivity index (χ2n) is 9.44. The van der Waals surface area contributed by atoms with Gasteiger partial charge in [0.15, 0.2) is 0 Å². The van der Waals surface area contributed by atoms with Gasteiger partial charge in [-0.05, 0) is 116 Å². The van der Waals surface area contributed by atoms with E-state index in [-0.39, 0.29) is 11.5 Å². The van der Waals surface area contributed by atoms with E-state index in [4.69, 9.17) is 0 Å². The molecule has 174 valence electrons. The fourth-order valence-electron chi connectivity index (χ4n) is 3.48. The van der Waals surface area contributed by atoms with Crippen LogP contribution in [-0.4, -0.2) is 20.9 Å². The molecule has 0 heterocycles. The molecule has 0 spiro atoms. The van der Waals surface area contributed by atoms with Crippen molar-refractivity contribution in [3.05, 3.63) is 57.7 Å². The Morgan fingerprint density at radius 2 is 1.45 bits per heavy atom. The van der Waals surface area contributed by atoms with Crippen molar-refractivity contribution >= 4 is 0 Å². The molecule has 0 fully saturated rings. The highest BCUT2D eigenvalue weighted by Crippen LogP contribution is 2.33. The topological polar surface area (TPSA) is 60.7 Å². The Morgan fingerprint density at radius 1 is 0.903 bits per heavy atom. The van der Waals surface area contributed by atoms with Gasteiger partial charge in [-0.2, -0.15) is 0 Å². The maximum absolute atomic E-state index is 10.8. The average molecular weight is 429 g/mol. The van der Waals surface area contributed by atoms with Gasteiger partial charge >= 0.3 is 0 Å². The second-order valence-corrected chi connectivity index (χ2v) is 9.44. The van der Waals surface area contributed by atoms with Crippen LogP contribution in [0.4, 0.5) is 0 Å². The van der Waals surface area contributed by atoms with Crippen LogP contribution in [0.2, 0.25) is 0 Å². The quantitative estimate of drug-likeness (QED) is 0.237. The molecule has 1 atom stereocenters. The predicted octanol–water partition coefficient (Wildman–Crippen LogP) is 7.60. The molecule has 3 heteroatoms. The number of aryl methyl sites for hydroxylation is 1. The van der Waals surface area contributed by atoms with Crippen molar-refractivity contribution in [1.82, 2.24) is 0 Å². The molecule has 0 saturated carbocycles. The first-order valence-electron chi connectivity index (χ1n) is 11.7. The first kappa shape index (κ1) is 27.0. The summed E-state index contributed by atoms with van der Waals surface area (Å²) in [6.45, 7) is 14.1. The molecule has 0 aliphatic heterocycles. The molecule has 0 aliphatic carbocycles. The molecule has 31 heavy (non-hydrogen) atoms. The van der Waals surface area contributed by atoms with Crippen molar-refractivity contribution < 1.29 is 15.3 Å². The van der Waals surface area contributed by atoms with Gasteiger partial charge in [-0.15, -0.1) is 0 Å². The van der Waals surface area contributed by atoms with Gasteiger partial charge in [0.25, 0.3) is 0 Å². The highest BCUT2D eigenvalue weighted by atomic mass is 16.3. The Morgan fingerprint density at radius 3 is 2.03 bits per heavy atom. The fourth-order valence-corrected chi connectivity index (χ4v) is 3.48. The summed E-state index contributed by atoms with van der Waals surface area (Å²) in [7, 11) is 0. The predicted molar refractivity (Wildman–Crippen MR) is 133 cm³/mol. The zero-order chi connectivity index (χ0) is 23.6. The Kier molecular flexibility index (Phi) is 11.1. The van der Waals surface area contributed by atoms with Crippen LogP contribution in [0.25, 0.3) is 0 Å². The van der Waals surface area contributed by atoms with E-state index in [9.17, 15) is 15.3 Å². The van der Waals surface area contributed by atoms with E-state index in [0.717, 1.165) is 32.1 Å². The molecular weight excluding hydrogens is 384 g/mol. The molecule has 0 aromatic heterocycles. The average Bonchev–Trinajstić information content (AvgIpc) is 2.72. The first-order valence-corrected chi connectivity index (χ1v) is 11.7. The summed E-state index contributed by atoms with van der Waals surface area (Å²) < 4.78 is 0. The zero-order valence-corrected chi connectivity index (χ0v) is 20.8. The van der Waals surface area contributed by atoms with Gasteiger partial charge in [0.2, 0.25) is 0 Å². The third kappa shape index (κ3) is 9.78. The lowest BCUT2D eigenvalue weighted by Crippen LogP contribution is -2.24. The number of hydrogen-bond donors (Lipinski definition) is 3. The van der Waals surface area contributed by atoms with Crippen LogP contribution < -0.4 is 0 Å². The molecule has 1 aromatic carbocycles. The van der Waals surface area contributed by atoms with Gasteiger partial charge in [0.05, 0.1) is 5.60 Å². The largest absolute Gasteiger partial charge is 0.508 e. The number of hydrogen-bond acceptors (Lipinski definition) is 3. The molecule has 0 bridgehead atoms. The minimum atomic E-state index is -0.850. The molecule has 1 unspecified atom stereocenters. The number of rotatable bonds is 12. The van der Waals surface area contributed by atoms with E-state index in [1.807, 2.05) is 6.92 Å². The molecule has 0 amide bonds. The minimum Gasteiger partial charge on any atom is -0.508 e. The Labute approximate surface area is 190 Å². The van der Waals surface area contributed by atoms with E-state index in [2.05, 4.69) is 45.9 Å². The van der Waals surface area contributed by atoms with Crippen LogP contribution >= 0.6 is 0 Å². The van der Waals surface area contributed by atoms with Crippen LogP contribution in [-0.2, 0) is 6.42 Å². The SMILES string of the molecule is CC/C(C)=C/CC/C(C)=C/CC/C(C)=C/CC(C)(O)CCc1cc(O)c(C)c(C)c1O. The highest BCUT2D eigenvalue weighted by Gasteiger charge is 2.20. The molecule has 3 N–H and O–H groups in total. The summed E-state index contributed by atoms with van der Waals surface area (Å²) in [6, 6.07) is 1.61. The van der Waals surface area contributed by atoms with Gasteiger partial charge in [-0.25, -0.2) is 0 Å². The number of allylic oxidation sites excluding steroid dienone is 5. The second kappa shape index (κ2) is 12.8. The van der Waals surface area contributed by atoms with Gasteiger partial charge in [0.1, 0.15) is 11.5 Å². The lowest BCUT2D eigenvalue weighted by Gasteiger charge is -2.23. The van der Waals surface area contributed by atoms with Crippen LogP contribution in [0.5, 0.6) is 11.5 Å². The molecular formula is C28H44O3. The van der Waals surface area contributed by atoms with Gasteiger partial charge in [-0.3, -0.25) is 0 Å². The van der Waals surface area contributed by atoms with E-state index >= 15 is 0 Å². The van der Waals surface area contributed by atoms with Crippen molar-refractivity contribution in [1.29, 1.82) is 0 Å². The molecule has 0 aliphatic rings. The van der Waals surface area contributed by atoms with Gasteiger partial charge < -0.3 is 15.3 Å². The van der Waals surface area contributed by atoms with Crippen molar-refractivity contribution in [2.45, 2.75) is 105 Å². The van der Waals surface area contributed by atoms with Crippen LogP contribution in [0.15, 0.2) is 41.0 Å². The maximum Gasteiger partial charge on any atom is 0.122 e. The summed E-state index contributed by atoms with van der Waals surface area (Å²) in [5, 5.41) is 31.1. The number of aliphatic hydroxyl groups is 1. The van der Waals surface area contributed by atoms with Gasteiger partial charge in [0, 0.05) is 0 Å². The third-order valence-electron chi connectivity index (χ3n) is 6.36. The van der Waals surface area contributed by atoms with Crippen LogP contribution in [0.3, 0.4) is 0 Å². The molecule has 0 radical (unpaired) electrons. The lowest BCUT2D eigenvalue weighted by atomic mass is 9.91. The summed E-state index contributed by atoms with van der Waals surface area (Å²) in [5.41, 5.74) is 5.43. The van der Waals surface area contributed by atoms with Gasteiger partial charge in [-0.1, -0.05) is 41.9 Å².